The molecule has 6 N–H and O–H groups in total. The Morgan fingerprint density at radius 3 is 2.71 bits per heavy atom. The van der Waals surface area contributed by atoms with Crippen molar-refractivity contribution in [2.45, 2.75) is 19.9 Å². The van der Waals surface area contributed by atoms with Crippen LogP contribution in [-0.4, -0.2) is 24.3 Å². The van der Waals surface area contributed by atoms with Crippen LogP contribution in [0.25, 0.3) is 0 Å². The molecule has 0 saturated heterocycles. The molecule has 2 aromatic rings. The molecule has 0 aliphatic rings. The normalized spacial score (nSPS) is 11.5. The zero-order chi connectivity index (χ0) is 20.7. The number of guanidine groups is 1. The lowest BCUT2D eigenvalue weighted by molar-refractivity contribution is -0.136. The molecule has 0 saturated carbocycles. The molecule has 28 heavy (non-hydrogen) atoms. The average Bonchev–Trinajstić information content (AvgIpc) is 3.07. The third-order valence-corrected chi connectivity index (χ3v) is 4.09. The van der Waals surface area contributed by atoms with Gasteiger partial charge in [0.25, 0.3) is 0 Å². The summed E-state index contributed by atoms with van der Waals surface area (Å²) in [6.45, 7) is 2.49. The molecule has 1 aromatic carbocycles. The van der Waals surface area contributed by atoms with Crippen LogP contribution in [0, 0.1) is 11.7 Å². The highest BCUT2D eigenvalue weighted by Gasteiger charge is 2.16. The van der Waals surface area contributed by atoms with Crippen LogP contribution in [0.2, 0.25) is 5.02 Å². The van der Waals surface area contributed by atoms with E-state index in [1.807, 2.05) is 6.92 Å². The number of amides is 2. The van der Waals surface area contributed by atoms with E-state index >= 15 is 0 Å². The van der Waals surface area contributed by atoms with Crippen LogP contribution in [0.3, 0.4) is 0 Å². The minimum Gasteiger partial charge on any atom is -0.469 e. The van der Waals surface area contributed by atoms with E-state index in [1.54, 1.807) is 6.07 Å². The van der Waals surface area contributed by atoms with Gasteiger partial charge in [0, 0.05) is 30.8 Å². The average molecular weight is 410 g/mol. The molecule has 10 heteroatoms. The summed E-state index contributed by atoms with van der Waals surface area (Å²) < 4.78 is 18.8. The zero-order valence-corrected chi connectivity index (χ0v) is 15.9. The first kappa shape index (κ1) is 21.2. The van der Waals surface area contributed by atoms with Gasteiger partial charge in [0.1, 0.15) is 11.6 Å². The van der Waals surface area contributed by atoms with Crippen molar-refractivity contribution in [3.05, 3.63) is 52.7 Å². The Hall–Kier alpha value is -3.07. The third kappa shape index (κ3) is 6.27. The summed E-state index contributed by atoms with van der Waals surface area (Å²) >= 11 is 5.58. The van der Waals surface area contributed by atoms with E-state index < -0.39 is 17.6 Å². The van der Waals surface area contributed by atoms with Crippen molar-refractivity contribution < 1.29 is 18.4 Å². The number of hydrogen-bond acceptors (Lipinski definition) is 4. The molecule has 2 rings (SSSR count). The predicted molar refractivity (Wildman–Crippen MR) is 104 cm³/mol. The molecule has 8 nitrogen and oxygen atoms in total. The van der Waals surface area contributed by atoms with E-state index in [2.05, 4.69) is 15.6 Å². The minimum atomic E-state index is -0.923. The van der Waals surface area contributed by atoms with Gasteiger partial charge >= 0.3 is 11.8 Å². The second-order valence-corrected chi connectivity index (χ2v) is 6.62. The van der Waals surface area contributed by atoms with Crippen LogP contribution in [0.15, 0.2) is 39.9 Å². The summed E-state index contributed by atoms with van der Waals surface area (Å²) in [7, 11) is 0. The second-order valence-electron chi connectivity index (χ2n) is 6.21. The minimum absolute atomic E-state index is 0.0189. The van der Waals surface area contributed by atoms with Gasteiger partial charge in [-0.3, -0.25) is 14.6 Å². The van der Waals surface area contributed by atoms with Crippen molar-refractivity contribution >= 4 is 35.1 Å². The molecule has 1 aromatic heterocycles. The summed E-state index contributed by atoms with van der Waals surface area (Å²) in [6.07, 6.45) is 2.06. The van der Waals surface area contributed by atoms with Gasteiger partial charge < -0.3 is 26.5 Å². The Morgan fingerprint density at radius 1 is 1.29 bits per heavy atom. The van der Waals surface area contributed by atoms with Gasteiger partial charge in [-0.1, -0.05) is 18.5 Å². The number of halogens is 2. The number of anilines is 1. The fourth-order valence-electron chi connectivity index (χ4n) is 2.36. The molecule has 2 amide bonds. The number of nitrogens with zero attached hydrogens (tertiary/aromatic N) is 1. The Morgan fingerprint density at radius 2 is 2.04 bits per heavy atom. The number of furan rings is 1. The van der Waals surface area contributed by atoms with Crippen molar-refractivity contribution in [1.82, 2.24) is 5.32 Å². The molecule has 0 bridgehead atoms. The summed E-state index contributed by atoms with van der Waals surface area (Å²) in [5.74, 6) is -1.68. The van der Waals surface area contributed by atoms with Crippen molar-refractivity contribution in [3.8, 4) is 0 Å². The maximum atomic E-state index is 13.4. The van der Waals surface area contributed by atoms with Gasteiger partial charge in [-0.2, -0.15) is 0 Å². The van der Waals surface area contributed by atoms with Gasteiger partial charge in [-0.05, 0) is 30.2 Å². The van der Waals surface area contributed by atoms with Crippen molar-refractivity contribution in [3.63, 3.8) is 0 Å². The number of rotatable bonds is 7. The summed E-state index contributed by atoms with van der Waals surface area (Å²) in [5, 5.41) is 4.72. The van der Waals surface area contributed by atoms with Crippen molar-refractivity contribution in [1.29, 1.82) is 0 Å². The smallest absolute Gasteiger partial charge is 0.313 e. The van der Waals surface area contributed by atoms with Crippen LogP contribution >= 0.6 is 11.6 Å². The van der Waals surface area contributed by atoms with E-state index in [0.717, 1.165) is 11.6 Å². The monoisotopic (exact) mass is 409 g/mol. The first-order chi connectivity index (χ1) is 13.3. The van der Waals surface area contributed by atoms with Crippen LogP contribution < -0.4 is 22.1 Å². The number of carbonyl (C=O) groups excluding carboxylic acids is 2. The lowest BCUT2D eigenvalue weighted by Crippen LogP contribution is -2.35. The molecule has 0 aliphatic heterocycles. The molecule has 150 valence electrons. The van der Waals surface area contributed by atoms with Crippen LogP contribution in [-0.2, 0) is 22.6 Å². The predicted octanol–water partition coefficient (Wildman–Crippen LogP) is 1.78. The quantitative estimate of drug-likeness (QED) is 0.314. The Bertz CT molecular complexity index is 880. The Balaban J connectivity index is 1.88. The maximum Gasteiger partial charge on any atom is 0.313 e. The van der Waals surface area contributed by atoms with Gasteiger partial charge in [-0.15, -0.1) is 0 Å². The fraction of sp³-hybridized carbons (Fsp3) is 0.278. The summed E-state index contributed by atoms with van der Waals surface area (Å²) in [5.41, 5.74) is 11.5. The molecule has 0 spiro atoms. The second kappa shape index (κ2) is 9.75. The number of hydrogen-bond donors (Lipinski definition) is 4. The largest absolute Gasteiger partial charge is 0.469 e. The molecule has 1 heterocycles. The topological polar surface area (TPSA) is 136 Å². The molecule has 1 atom stereocenters. The number of benzene rings is 1. The molecule has 0 radical (unpaired) electrons. The molecular formula is C18H21ClFN5O3. The van der Waals surface area contributed by atoms with Gasteiger partial charge in [0.05, 0.1) is 11.3 Å². The maximum absolute atomic E-state index is 13.4. The lowest BCUT2D eigenvalue weighted by atomic mass is 10.0. The first-order valence-electron chi connectivity index (χ1n) is 8.41. The molecule has 0 fully saturated rings. The van der Waals surface area contributed by atoms with Crippen LogP contribution in [0.4, 0.5) is 10.1 Å². The molecular weight excluding hydrogens is 389 g/mol. The van der Waals surface area contributed by atoms with E-state index in [0.29, 0.717) is 18.7 Å². The lowest BCUT2D eigenvalue weighted by Gasteiger charge is -2.10. The number of nitrogens with two attached hydrogens (primary N) is 2. The fourth-order valence-corrected chi connectivity index (χ4v) is 2.48. The van der Waals surface area contributed by atoms with Gasteiger partial charge in [-0.25, -0.2) is 4.39 Å². The highest BCUT2D eigenvalue weighted by atomic mass is 35.5. The first-order valence-corrected chi connectivity index (χ1v) is 8.79. The summed E-state index contributed by atoms with van der Waals surface area (Å²) in [6, 6.07) is 5.41. The third-order valence-electron chi connectivity index (χ3n) is 3.78. The van der Waals surface area contributed by atoms with E-state index in [9.17, 15) is 14.0 Å². The van der Waals surface area contributed by atoms with Crippen LogP contribution in [0.5, 0.6) is 0 Å². The zero-order valence-electron chi connectivity index (χ0n) is 15.2. The van der Waals surface area contributed by atoms with Crippen molar-refractivity contribution in [2.24, 2.45) is 22.4 Å². The molecule has 0 aliphatic carbocycles. The Kier molecular flexibility index (Phi) is 7.39. The number of carbonyl (C=O) groups is 2. The number of aliphatic imine (C=N–C) groups is 1. The Labute approximate surface area is 166 Å². The summed E-state index contributed by atoms with van der Waals surface area (Å²) in [4.78, 5) is 27.9. The molecule has 1 unspecified atom stereocenters. The SMILES string of the molecule is CC(CN=C(N)N)Cc1occc1CNC(=O)C(=O)Nc1ccc(Cl)c(F)c1. The highest BCUT2D eigenvalue weighted by molar-refractivity contribution is 6.39. The van der Waals surface area contributed by atoms with E-state index in [1.165, 1.54) is 18.4 Å². The van der Waals surface area contributed by atoms with E-state index in [-0.39, 0.29) is 29.1 Å². The number of nitrogens with one attached hydrogen (secondary N) is 2. The van der Waals surface area contributed by atoms with Crippen molar-refractivity contribution in [2.75, 3.05) is 11.9 Å². The standard InChI is InChI=1S/C18H21ClFN5O3/c1-10(8-24-18(21)22)6-15-11(4-5-28-15)9-23-16(26)17(27)25-12-2-3-13(19)14(20)7-12/h2-5,7,10H,6,8-9H2,1H3,(H,23,26)(H,25,27)(H4,21,22,24). The van der Waals surface area contributed by atoms with E-state index in [4.69, 9.17) is 27.5 Å². The van der Waals surface area contributed by atoms with Gasteiger partial charge in [0.2, 0.25) is 0 Å². The van der Waals surface area contributed by atoms with Gasteiger partial charge in [0.15, 0.2) is 5.96 Å². The highest BCUT2D eigenvalue weighted by Crippen LogP contribution is 2.19. The van der Waals surface area contributed by atoms with Crippen LogP contribution in [0.1, 0.15) is 18.2 Å².